The van der Waals surface area contributed by atoms with E-state index in [2.05, 4.69) is 4.98 Å². The number of hydrogen-bond donors (Lipinski definition) is 1. The third-order valence-corrected chi connectivity index (χ3v) is 2.64. The molecule has 1 aromatic heterocycles. The van der Waals surface area contributed by atoms with Crippen LogP contribution in [-0.4, -0.2) is 21.0 Å². The van der Waals surface area contributed by atoms with Crippen LogP contribution in [0.25, 0.3) is 0 Å². The lowest BCUT2D eigenvalue weighted by molar-refractivity contribution is -0.385. The molecule has 7 nitrogen and oxygen atoms in total. The summed E-state index contributed by atoms with van der Waals surface area (Å²) >= 11 is 0. The first-order chi connectivity index (χ1) is 9.49. The van der Waals surface area contributed by atoms with Gasteiger partial charge in [0.05, 0.1) is 22.2 Å². The monoisotopic (exact) mass is 274 g/mol. The molecule has 0 fully saturated rings. The molecule has 20 heavy (non-hydrogen) atoms. The Morgan fingerprint density at radius 3 is 2.80 bits per heavy atom. The number of pyridine rings is 1. The molecule has 1 heterocycles. The maximum Gasteiger partial charge on any atom is 0.337 e. The number of aromatic nitrogens is 1. The fourth-order valence-corrected chi connectivity index (χ4v) is 1.63. The molecule has 0 amide bonds. The first kappa shape index (κ1) is 13.5. The summed E-state index contributed by atoms with van der Waals surface area (Å²) in [5.74, 6) is -0.643. The van der Waals surface area contributed by atoms with Gasteiger partial charge in [-0.25, -0.2) is 4.79 Å². The number of rotatable bonds is 4. The average Bonchev–Trinajstić information content (AvgIpc) is 2.41. The molecular weight excluding hydrogens is 264 g/mol. The van der Waals surface area contributed by atoms with Gasteiger partial charge in [0.15, 0.2) is 0 Å². The zero-order valence-electron chi connectivity index (χ0n) is 10.4. The molecule has 0 unspecified atom stereocenters. The molecule has 0 atom stereocenters. The Bertz CT molecular complexity index is 684. The summed E-state index contributed by atoms with van der Waals surface area (Å²) < 4.78 is 5.46. The Labute approximate surface area is 113 Å². The van der Waals surface area contributed by atoms with E-state index in [4.69, 9.17) is 9.84 Å². The number of ether oxygens (including phenoxy) is 1. The van der Waals surface area contributed by atoms with Gasteiger partial charge < -0.3 is 9.84 Å². The molecule has 7 heteroatoms. The molecule has 0 spiro atoms. The standard InChI is InChI=1S/C13H10N2O5/c1-8-11(15(18)19)3-2-4-12(8)20-10-5-9(13(16)17)6-14-7-10/h2-7H,1H3,(H,16,17). The molecule has 0 aliphatic rings. The lowest BCUT2D eigenvalue weighted by atomic mass is 10.2. The van der Waals surface area contributed by atoms with E-state index in [0.29, 0.717) is 5.56 Å². The maximum absolute atomic E-state index is 10.8. The number of carbonyl (C=O) groups is 1. The van der Waals surface area contributed by atoms with Crippen molar-refractivity contribution in [3.63, 3.8) is 0 Å². The molecule has 0 saturated carbocycles. The molecule has 0 radical (unpaired) electrons. The van der Waals surface area contributed by atoms with E-state index >= 15 is 0 Å². The van der Waals surface area contributed by atoms with Crippen LogP contribution >= 0.6 is 0 Å². The molecule has 2 aromatic rings. The Morgan fingerprint density at radius 2 is 2.15 bits per heavy atom. The SMILES string of the molecule is Cc1c(Oc2cncc(C(=O)O)c2)cccc1[N+](=O)[O-]. The van der Waals surface area contributed by atoms with E-state index in [1.165, 1.54) is 30.6 Å². The highest BCUT2D eigenvalue weighted by atomic mass is 16.6. The minimum atomic E-state index is -1.13. The van der Waals surface area contributed by atoms with E-state index in [1.54, 1.807) is 13.0 Å². The van der Waals surface area contributed by atoms with Crippen LogP contribution in [0.5, 0.6) is 11.5 Å². The number of nitro groups is 1. The van der Waals surface area contributed by atoms with Crippen molar-refractivity contribution in [2.75, 3.05) is 0 Å². The summed E-state index contributed by atoms with van der Waals surface area (Å²) in [5, 5.41) is 19.7. The number of nitrogens with zero attached hydrogens (tertiary/aromatic N) is 2. The van der Waals surface area contributed by atoms with Crippen molar-refractivity contribution in [1.29, 1.82) is 0 Å². The number of hydrogen-bond acceptors (Lipinski definition) is 5. The van der Waals surface area contributed by atoms with E-state index in [-0.39, 0.29) is 22.7 Å². The quantitative estimate of drug-likeness (QED) is 0.679. The van der Waals surface area contributed by atoms with Gasteiger partial charge in [0.25, 0.3) is 5.69 Å². The van der Waals surface area contributed by atoms with Gasteiger partial charge in [0.2, 0.25) is 0 Å². The third-order valence-electron chi connectivity index (χ3n) is 2.64. The van der Waals surface area contributed by atoms with Crippen molar-refractivity contribution >= 4 is 11.7 Å². The first-order valence-corrected chi connectivity index (χ1v) is 5.59. The van der Waals surface area contributed by atoms with Gasteiger partial charge in [-0.3, -0.25) is 15.1 Å². The van der Waals surface area contributed by atoms with Gasteiger partial charge in [0, 0.05) is 12.3 Å². The smallest absolute Gasteiger partial charge is 0.337 e. The Morgan fingerprint density at radius 1 is 1.40 bits per heavy atom. The largest absolute Gasteiger partial charge is 0.478 e. The Kier molecular flexibility index (Phi) is 3.60. The fraction of sp³-hybridized carbons (Fsp3) is 0.0769. The average molecular weight is 274 g/mol. The van der Waals surface area contributed by atoms with Gasteiger partial charge in [0.1, 0.15) is 11.5 Å². The van der Waals surface area contributed by atoms with E-state index in [1.807, 2.05) is 0 Å². The van der Waals surface area contributed by atoms with Gasteiger partial charge in [-0.1, -0.05) is 6.07 Å². The zero-order valence-corrected chi connectivity index (χ0v) is 10.4. The second-order valence-electron chi connectivity index (χ2n) is 3.97. The molecule has 1 aromatic carbocycles. The van der Waals surface area contributed by atoms with E-state index < -0.39 is 10.9 Å². The summed E-state index contributed by atoms with van der Waals surface area (Å²) in [6.45, 7) is 1.56. The van der Waals surface area contributed by atoms with Crippen molar-refractivity contribution < 1.29 is 19.6 Å². The van der Waals surface area contributed by atoms with Crippen molar-refractivity contribution in [3.8, 4) is 11.5 Å². The maximum atomic E-state index is 10.8. The molecular formula is C13H10N2O5. The summed E-state index contributed by atoms with van der Waals surface area (Å²) in [4.78, 5) is 24.9. The van der Waals surface area contributed by atoms with Gasteiger partial charge in [-0.2, -0.15) is 0 Å². The minimum Gasteiger partial charge on any atom is -0.478 e. The topological polar surface area (TPSA) is 103 Å². The van der Waals surface area contributed by atoms with E-state index in [0.717, 1.165) is 0 Å². The summed E-state index contributed by atoms with van der Waals surface area (Å²) in [7, 11) is 0. The highest BCUT2D eigenvalue weighted by Gasteiger charge is 2.15. The van der Waals surface area contributed by atoms with Crippen molar-refractivity contribution in [1.82, 2.24) is 4.98 Å². The highest BCUT2D eigenvalue weighted by molar-refractivity contribution is 5.87. The van der Waals surface area contributed by atoms with Crippen LogP contribution in [0.2, 0.25) is 0 Å². The fourth-order valence-electron chi connectivity index (χ4n) is 1.63. The first-order valence-electron chi connectivity index (χ1n) is 5.59. The number of benzene rings is 1. The van der Waals surface area contributed by atoms with Crippen molar-refractivity contribution in [3.05, 3.63) is 57.9 Å². The van der Waals surface area contributed by atoms with Crippen LogP contribution < -0.4 is 4.74 Å². The van der Waals surface area contributed by atoms with Gasteiger partial charge in [-0.15, -0.1) is 0 Å². The molecule has 2 rings (SSSR count). The zero-order chi connectivity index (χ0) is 14.7. The van der Waals surface area contributed by atoms with Crippen LogP contribution in [0.3, 0.4) is 0 Å². The van der Waals surface area contributed by atoms with Crippen LogP contribution in [0, 0.1) is 17.0 Å². The second-order valence-corrected chi connectivity index (χ2v) is 3.97. The number of carboxylic acids is 1. The van der Waals surface area contributed by atoms with Crippen LogP contribution in [-0.2, 0) is 0 Å². The number of aromatic carboxylic acids is 1. The lowest BCUT2D eigenvalue weighted by Crippen LogP contribution is -1.98. The van der Waals surface area contributed by atoms with Crippen molar-refractivity contribution in [2.45, 2.75) is 6.92 Å². The summed E-state index contributed by atoms with van der Waals surface area (Å²) in [6, 6.07) is 5.73. The van der Waals surface area contributed by atoms with Gasteiger partial charge in [-0.05, 0) is 19.1 Å². The van der Waals surface area contributed by atoms with Crippen molar-refractivity contribution in [2.24, 2.45) is 0 Å². The molecule has 0 aliphatic heterocycles. The van der Waals surface area contributed by atoms with Crippen LogP contribution in [0.4, 0.5) is 5.69 Å². The molecule has 102 valence electrons. The molecule has 0 bridgehead atoms. The number of nitro benzene ring substituents is 1. The second kappa shape index (κ2) is 5.35. The summed E-state index contributed by atoms with van der Waals surface area (Å²) in [6.07, 6.45) is 2.53. The summed E-state index contributed by atoms with van der Waals surface area (Å²) in [5.41, 5.74) is 0.272. The highest BCUT2D eigenvalue weighted by Crippen LogP contribution is 2.30. The van der Waals surface area contributed by atoms with Crippen LogP contribution in [0.15, 0.2) is 36.7 Å². The molecule has 0 saturated heterocycles. The molecule has 1 N–H and O–H groups in total. The van der Waals surface area contributed by atoms with Crippen LogP contribution in [0.1, 0.15) is 15.9 Å². The Hall–Kier alpha value is -2.96. The number of carboxylic acid groups (broad SMARTS) is 1. The lowest BCUT2D eigenvalue weighted by Gasteiger charge is -2.08. The molecule has 0 aliphatic carbocycles. The normalized spacial score (nSPS) is 10.1. The van der Waals surface area contributed by atoms with Gasteiger partial charge >= 0.3 is 5.97 Å². The third kappa shape index (κ3) is 2.72. The van der Waals surface area contributed by atoms with E-state index in [9.17, 15) is 14.9 Å². The minimum absolute atomic E-state index is 0.0226. The Balaban J connectivity index is 2.35. The predicted molar refractivity (Wildman–Crippen MR) is 69.1 cm³/mol. The predicted octanol–water partition coefficient (Wildman–Crippen LogP) is 2.79.